The number of piperidine rings is 1. The second kappa shape index (κ2) is 14.1. The van der Waals surface area contributed by atoms with Gasteiger partial charge < -0.3 is 11.1 Å². The standard InChI is InChI=1S/C33H28FN11.C2H6/c34-23-7-5-22(6-8-23)27-19-39-31-33(41-27)45(32(43-31)26-2-1-14-38-30(26)36)25-9-3-21(4-10-25)20-44-16-12-24(13-17-44)40-28-11-15-37-29(18-35)42-28;1-2/h1-11,14-15,19,24H,12-13,16-17,20H2,(H2,36,38)(H,37,40,42);1-2H3. The quantitative estimate of drug-likeness (QED) is 0.215. The van der Waals surface area contributed by atoms with Crippen LogP contribution in [0.3, 0.4) is 0 Å². The lowest BCUT2D eigenvalue weighted by molar-refractivity contribution is 0.211. The Balaban J connectivity index is 0.00000190. The minimum atomic E-state index is -0.314. The lowest BCUT2D eigenvalue weighted by atomic mass is 10.0. The number of nitrogens with zero attached hydrogens (tertiary/aromatic N) is 9. The van der Waals surface area contributed by atoms with Crippen LogP contribution in [0.5, 0.6) is 0 Å². The average Bonchev–Trinajstić information content (AvgIpc) is 3.49. The van der Waals surface area contributed by atoms with Crippen molar-refractivity contribution in [3.05, 3.63) is 103 Å². The predicted octanol–water partition coefficient (Wildman–Crippen LogP) is 6.03. The first-order valence-electron chi connectivity index (χ1n) is 15.6. The molecule has 11 nitrogen and oxygen atoms in total. The molecule has 5 heterocycles. The van der Waals surface area contributed by atoms with Crippen molar-refractivity contribution in [2.45, 2.75) is 39.3 Å². The van der Waals surface area contributed by atoms with E-state index in [1.807, 2.05) is 36.6 Å². The van der Waals surface area contributed by atoms with Gasteiger partial charge in [0, 0.05) is 49.3 Å². The SMILES string of the molecule is CC.N#Cc1nccc(NC2CCN(Cc3ccc(-n4c(-c5cccnc5N)nc5ncc(-c6ccc(F)cc6)nc54)cc3)CC2)n1. The number of rotatable bonds is 7. The second-order valence-corrected chi connectivity index (χ2v) is 10.9. The number of nitrogens with two attached hydrogens (primary N) is 1. The molecule has 0 spiro atoms. The van der Waals surface area contributed by atoms with Gasteiger partial charge in [0.05, 0.1) is 17.5 Å². The third-order valence-electron chi connectivity index (χ3n) is 7.89. The lowest BCUT2D eigenvalue weighted by Crippen LogP contribution is -2.38. The maximum atomic E-state index is 13.6. The Morgan fingerprint density at radius 2 is 1.68 bits per heavy atom. The van der Waals surface area contributed by atoms with Crippen molar-refractivity contribution >= 4 is 22.9 Å². The topological polar surface area (TPSA) is 147 Å². The van der Waals surface area contributed by atoms with Crippen LogP contribution >= 0.6 is 0 Å². The summed E-state index contributed by atoms with van der Waals surface area (Å²) in [4.78, 5) is 29.2. The molecule has 0 amide bonds. The van der Waals surface area contributed by atoms with E-state index in [9.17, 15) is 4.39 Å². The highest BCUT2D eigenvalue weighted by atomic mass is 19.1. The number of hydrogen-bond acceptors (Lipinski definition) is 10. The molecule has 1 fully saturated rings. The molecule has 7 rings (SSSR count). The van der Waals surface area contributed by atoms with Crippen LogP contribution in [-0.4, -0.2) is 58.5 Å². The number of benzene rings is 2. The van der Waals surface area contributed by atoms with Crippen molar-refractivity contribution in [3.8, 4) is 34.4 Å². The van der Waals surface area contributed by atoms with E-state index in [2.05, 4.69) is 54.4 Å². The zero-order chi connectivity index (χ0) is 32.8. The normalized spacial score (nSPS) is 13.5. The highest BCUT2D eigenvalue weighted by Crippen LogP contribution is 2.31. The van der Waals surface area contributed by atoms with E-state index in [1.165, 1.54) is 17.7 Å². The van der Waals surface area contributed by atoms with E-state index >= 15 is 0 Å². The van der Waals surface area contributed by atoms with Gasteiger partial charge in [-0.1, -0.05) is 26.0 Å². The zero-order valence-corrected chi connectivity index (χ0v) is 26.2. The summed E-state index contributed by atoms with van der Waals surface area (Å²) in [5.41, 5.74) is 11.4. The summed E-state index contributed by atoms with van der Waals surface area (Å²) < 4.78 is 15.5. The Kier molecular flexibility index (Phi) is 9.36. The van der Waals surface area contributed by atoms with E-state index in [0.29, 0.717) is 46.1 Å². The monoisotopic (exact) mass is 627 g/mol. The number of likely N-dealkylation sites (tertiary alicyclic amines) is 1. The van der Waals surface area contributed by atoms with Gasteiger partial charge in [0.15, 0.2) is 17.1 Å². The minimum absolute atomic E-state index is 0.168. The molecule has 4 aromatic heterocycles. The number of aromatic nitrogens is 7. The molecule has 2 aromatic carbocycles. The Morgan fingerprint density at radius 3 is 2.40 bits per heavy atom. The lowest BCUT2D eigenvalue weighted by Gasteiger charge is -2.32. The number of nitrogens with one attached hydrogen (secondary N) is 1. The van der Waals surface area contributed by atoms with Crippen LogP contribution in [0.25, 0.3) is 39.6 Å². The van der Waals surface area contributed by atoms with Crippen molar-refractivity contribution in [2.75, 3.05) is 24.1 Å². The van der Waals surface area contributed by atoms with Crippen LogP contribution in [0, 0.1) is 17.1 Å². The van der Waals surface area contributed by atoms with Gasteiger partial charge in [-0.05, 0) is 73.0 Å². The number of nitriles is 1. The van der Waals surface area contributed by atoms with Crippen molar-refractivity contribution in [1.82, 2.24) is 39.4 Å². The van der Waals surface area contributed by atoms with Crippen molar-refractivity contribution in [3.63, 3.8) is 0 Å². The van der Waals surface area contributed by atoms with Gasteiger partial charge in [-0.3, -0.25) is 9.47 Å². The summed E-state index contributed by atoms with van der Waals surface area (Å²) in [5.74, 6) is 1.48. The number of fused-ring (bicyclic) bond motifs is 1. The molecule has 3 N–H and O–H groups in total. The van der Waals surface area contributed by atoms with Gasteiger partial charge in [0.25, 0.3) is 0 Å². The van der Waals surface area contributed by atoms with E-state index < -0.39 is 0 Å². The fraction of sp³-hybridized carbons (Fsp3) is 0.229. The van der Waals surface area contributed by atoms with Gasteiger partial charge in [0.2, 0.25) is 5.82 Å². The number of halogens is 1. The van der Waals surface area contributed by atoms with Gasteiger partial charge in [-0.25, -0.2) is 34.3 Å². The molecular formula is C35H34FN11. The summed E-state index contributed by atoms with van der Waals surface area (Å²) in [6.07, 6.45) is 6.82. The number of pyridine rings is 1. The summed E-state index contributed by atoms with van der Waals surface area (Å²) in [6, 6.07) is 22.3. The van der Waals surface area contributed by atoms with Crippen LogP contribution in [0.4, 0.5) is 16.0 Å². The molecule has 0 aliphatic carbocycles. The molecular weight excluding hydrogens is 593 g/mol. The van der Waals surface area contributed by atoms with E-state index in [-0.39, 0.29) is 11.6 Å². The number of nitrogen functional groups attached to an aromatic ring is 1. The van der Waals surface area contributed by atoms with Gasteiger partial charge >= 0.3 is 0 Å². The van der Waals surface area contributed by atoms with Crippen LogP contribution in [-0.2, 0) is 6.54 Å². The van der Waals surface area contributed by atoms with E-state index in [4.69, 9.17) is 21.0 Å². The van der Waals surface area contributed by atoms with Gasteiger partial charge in [-0.2, -0.15) is 5.26 Å². The molecule has 0 radical (unpaired) electrons. The third-order valence-corrected chi connectivity index (χ3v) is 7.89. The van der Waals surface area contributed by atoms with Crippen LogP contribution < -0.4 is 11.1 Å². The molecule has 12 heteroatoms. The molecule has 0 atom stereocenters. The Labute approximate surface area is 272 Å². The molecule has 1 aliphatic rings. The Hall–Kier alpha value is -5.80. The minimum Gasteiger partial charge on any atom is -0.383 e. The van der Waals surface area contributed by atoms with Gasteiger partial charge in [-0.15, -0.1) is 0 Å². The number of imidazole rings is 1. The number of hydrogen-bond donors (Lipinski definition) is 2. The first-order chi connectivity index (χ1) is 23.0. The predicted molar refractivity (Wildman–Crippen MR) is 180 cm³/mol. The average molecular weight is 628 g/mol. The molecule has 47 heavy (non-hydrogen) atoms. The molecule has 1 saturated heterocycles. The molecule has 0 bridgehead atoms. The fourth-order valence-electron chi connectivity index (χ4n) is 5.59. The van der Waals surface area contributed by atoms with Crippen LogP contribution in [0.2, 0.25) is 0 Å². The molecule has 1 aliphatic heterocycles. The summed E-state index contributed by atoms with van der Waals surface area (Å²) >= 11 is 0. The highest BCUT2D eigenvalue weighted by molar-refractivity contribution is 5.82. The maximum absolute atomic E-state index is 13.6. The smallest absolute Gasteiger partial charge is 0.234 e. The fourth-order valence-corrected chi connectivity index (χ4v) is 5.59. The van der Waals surface area contributed by atoms with Crippen LogP contribution in [0.1, 0.15) is 38.1 Å². The van der Waals surface area contributed by atoms with E-state index in [0.717, 1.165) is 43.7 Å². The highest BCUT2D eigenvalue weighted by Gasteiger charge is 2.22. The first-order valence-corrected chi connectivity index (χ1v) is 15.6. The van der Waals surface area contributed by atoms with Gasteiger partial charge in [0.1, 0.15) is 23.5 Å². The Morgan fingerprint density at radius 1 is 0.915 bits per heavy atom. The van der Waals surface area contributed by atoms with Crippen molar-refractivity contribution < 1.29 is 4.39 Å². The summed E-state index contributed by atoms with van der Waals surface area (Å²) in [7, 11) is 0. The molecule has 0 saturated carbocycles. The summed E-state index contributed by atoms with van der Waals surface area (Å²) in [6.45, 7) is 6.70. The molecule has 6 aromatic rings. The van der Waals surface area contributed by atoms with Crippen molar-refractivity contribution in [1.29, 1.82) is 5.26 Å². The van der Waals surface area contributed by atoms with Crippen molar-refractivity contribution in [2.24, 2.45) is 0 Å². The Bertz CT molecular complexity index is 2010. The second-order valence-electron chi connectivity index (χ2n) is 10.9. The first kappa shape index (κ1) is 31.2. The summed E-state index contributed by atoms with van der Waals surface area (Å²) in [5, 5.41) is 12.5. The largest absolute Gasteiger partial charge is 0.383 e. The molecule has 236 valence electrons. The number of anilines is 2. The van der Waals surface area contributed by atoms with E-state index in [1.54, 1.807) is 36.8 Å². The molecule has 0 unspecified atom stereocenters. The third kappa shape index (κ3) is 6.90. The maximum Gasteiger partial charge on any atom is 0.234 e. The zero-order valence-electron chi connectivity index (χ0n) is 26.2. The van der Waals surface area contributed by atoms with Crippen LogP contribution in [0.15, 0.2) is 85.3 Å².